The van der Waals surface area contributed by atoms with Gasteiger partial charge in [0.15, 0.2) is 0 Å². The van der Waals surface area contributed by atoms with Crippen molar-refractivity contribution >= 4 is 11.9 Å². The van der Waals surface area contributed by atoms with E-state index in [4.69, 9.17) is 9.26 Å². The van der Waals surface area contributed by atoms with Crippen LogP contribution in [0.15, 0.2) is 53.1 Å². The lowest BCUT2D eigenvalue weighted by molar-refractivity contribution is -0.126. The number of aromatic nitrogens is 2. The molecule has 2 aliphatic rings. The van der Waals surface area contributed by atoms with Gasteiger partial charge in [0.2, 0.25) is 11.7 Å². The van der Waals surface area contributed by atoms with E-state index in [9.17, 15) is 4.79 Å². The van der Waals surface area contributed by atoms with Crippen LogP contribution in [0.5, 0.6) is 5.75 Å². The number of nitrogens with one attached hydrogen (secondary N) is 1. The van der Waals surface area contributed by atoms with Crippen molar-refractivity contribution in [3.63, 3.8) is 0 Å². The molecule has 1 aliphatic carbocycles. The van der Waals surface area contributed by atoms with E-state index in [-0.39, 0.29) is 17.9 Å². The number of carbonyl (C=O) groups is 1. The Hall–Kier alpha value is -3.35. The number of carbonyl (C=O) groups excluding carboxylic acids is 1. The van der Waals surface area contributed by atoms with Gasteiger partial charge in [0, 0.05) is 18.7 Å². The lowest BCUT2D eigenvalue weighted by atomic mass is 9.87. The fourth-order valence-corrected chi connectivity index (χ4v) is 4.76. The number of fused-ring (bicyclic) bond motifs is 1. The van der Waals surface area contributed by atoms with Crippen molar-refractivity contribution < 1.29 is 14.1 Å². The van der Waals surface area contributed by atoms with Crippen LogP contribution in [-0.4, -0.2) is 36.2 Å². The number of nitrogens with zero attached hydrogens (tertiary/aromatic N) is 3. The molecule has 1 aliphatic heterocycles. The van der Waals surface area contributed by atoms with Crippen molar-refractivity contribution in [3.8, 4) is 17.1 Å². The van der Waals surface area contributed by atoms with Gasteiger partial charge in [-0.3, -0.25) is 4.79 Å². The second-order valence-corrected chi connectivity index (χ2v) is 8.57. The van der Waals surface area contributed by atoms with E-state index < -0.39 is 0 Å². The zero-order chi connectivity index (χ0) is 21.9. The average molecular weight is 433 g/mol. The Labute approximate surface area is 187 Å². The van der Waals surface area contributed by atoms with Crippen LogP contribution in [0.1, 0.15) is 42.9 Å². The van der Waals surface area contributed by atoms with Crippen LogP contribution in [0.2, 0.25) is 0 Å². The molecular weight excluding hydrogens is 404 g/mol. The molecule has 0 spiro atoms. The molecule has 2 unspecified atom stereocenters. The molecule has 0 bridgehead atoms. The van der Waals surface area contributed by atoms with E-state index in [1.54, 1.807) is 7.11 Å². The summed E-state index contributed by atoms with van der Waals surface area (Å²) in [6.45, 7) is 1.39. The van der Waals surface area contributed by atoms with Gasteiger partial charge < -0.3 is 19.5 Å². The largest absolute Gasteiger partial charge is 0.497 e. The summed E-state index contributed by atoms with van der Waals surface area (Å²) in [5.41, 5.74) is 3.48. The third-order valence-corrected chi connectivity index (χ3v) is 6.51. The van der Waals surface area contributed by atoms with E-state index in [1.807, 2.05) is 29.2 Å². The van der Waals surface area contributed by atoms with Crippen molar-refractivity contribution in [1.82, 2.24) is 15.5 Å². The minimum Gasteiger partial charge on any atom is -0.497 e. The minimum atomic E-state index is -0.0887. The van der Waals surface area contributed by atoms with Crippen molar-refractivity contribution in [2.24, 2.45) is 5.92 Å². The molecule has 32 heavy (non-hydrogen) atoms. The first-order valence-corrected chi connectivity index (χ1v) is 11.3. The van der Waals surface area contributed by atoms with Crippen LogP contribution in [0.3, 0.4) is 0 Å². The summed E-state index contributed by atoms with van der Waals surface area (Å²) >= 11 is 0. The third kappa shape index (κ3) is 4.20. The summed E-state index contributed by atoms with van der Waals surface area (Å²) < 4.78 is 10.7. The molecule has 2 heterocycles. The molecule has 2 aromatic carbocycles. The van der Waals surface area contributed by atoms with Gasteiger partial charge in [0.25, 0.3) is 0 Å². The van der Waals surface area contributed by atoms with Gasteiger partial charge in [-0.25, -0.2) is 0 Å². The summed E-state index contributed by atoms with van der Waals surface area (Å²) in [7, 11) is 1.64. The van der Waals surface area contributed by atoms with Crippen LogP contribution >= 0.6 is 0 Å². The van der Waals surface area contributed by atoms with E-state index in [0.29, 0.717) is 18.4 Å². The number of hydrogen-bond donors (Lipinski definition) is 1. The van der Waals surface area contributed by atoms with Crippen LogP contribution < -0.4 is 15.0 Å². The van der Waals surface area contributed by atoms with Gasteiger partial charge in [0.05, 0.1) is 19.1 Å². The van der Waals surface area contributed by atoms with Crippen molar-refractivity contribution in [3.05, 3.63) is 59.7 Å². The molecular formula is C25H28N4O3. The van der Waals surface area contributed by atoms with Gasteiger partial charge >= 0.3 is 6.01 Å². The first-order chi connectivity index (χ1) is 15.7. The number of ether oxygens (including phenoxy) is 1. The van der Waals surface area contributed by atoms with Gasteiger partial charge in [-0.2, -0.15) is 4.98 Å². The van der Waals surface area contributed by atoms with Crippen LogP contribution in [-0.2, 0) is 11.2 Å². The molecule has 7 heteroatoms. The second-order valence-electron chi connectivity index (χ2n) is 8.57. The summed E-state index contributed by atoms with van der Waals surface area (Å²) in [6.07, 6.45) is 4.98. The topological polar surface area (TPSA) is 80.5 Å². The summed E-state index contributed by atoms with van der Waals surface area (Å²) in [5.74, 6) is 1.34. The van der Waals surface area contributed by atoms with E-state index in [2.05, 4.69) is 39.7 Å². The molecule has 1 fully saturated rings. The zero-order valence-corrected chi connectivity index (χ0v) is 18.3. The van der Waals surface area contributed by atoms with Crippen molar-refractivity contribution in [1.29, 1.82) is 0 Å². The average Bonchev–Trinajstić information content (AvgIpc) is 3.35. The maximum absolute atomic E-state index is 13.1. The highest BCUT2D eigenvalue weighted by molar-refractivity contribution is 5.80. The standard InChI is InChI=1S/C25H28N4O3/c1-31-20-13-11-18(12-14-20)23-27-25(32-28-23)29-15-5-8-19(16-29)24(30)26-22-10-4-7-17-6-2-3-9-21(17)22/h2-3,6,9,11-14,19,22H,4-5,7-8,10,15-16H2,1H3,(H,26,30). The Morgan fingerprint density at radius 1 is 1.12 bits per heavy atom. The molecule has 1 amide bonds. The van der Waals surface area contributed by atoms with E-state index in [1.165, 1.54) is 11.1 Å². The predicted molar refractivity (Wildman–Crippen MR) is 121 cm³/mol. The number of piperidine rings is 1. The second kappa shape index (κ2) is 9.02. The smallest absolute Gasteiger partial charge is 0.324 e. The number of amides is 1. The van der Waals surface area contributed by atoms with Crippen LogP contribution in [0.25, 0.3) is 11.4 Å². The Morgan fingerprint density at radius 3 is 2.81 bits per heavy atom. The Morgan fingerprint density at radius 2 is 1.97 bits per heavy atom. The first kappa shape index (κ1) is 20.5. The summed E-state index contributed by atoms with van der Waals surface area (Å²) in [5, 5.41) is 7.45. The van der Waals surface area contributed by atoms with Gasteiger partial charge in [0.1, 0.15) is 5.75 Å². The molecule has 3 aromatic rings. The lowest BCUT2D eigenvalue weighted by Crippen LogP contribution is -2.44. The molecule has 1 N–H and O–H groups in total. The van der Waals surface area contributed by atoms with Gasteiger partial charge in [-0.05, 0) is 67.5 Å². The molecule has 166 valence electrons. The summed E-state index contributed by atoms with van der Waals surface area (Å²) in [4.78, 5) is 19.7. The number of anilines is 1. The number of aryl methyl sites for hydroxylation is 1. The zero-order valence-electron chi connectivity index (χ0n) is 18.3. The predicted octanol–water partition coefficient (Wildman–Crippen LogP) is 4.16. The number of methoxy groups -OCH3 is 1. The molecule has 0 saturated carbocycles. The highest BCUT2D eigenvalue weighted by Crippen LogP contribution is 2.31. The van der Waals surface area contributed by atoms with Crippen LogP contribution in [0, 0.1) is 5.92 Å². The molecule has 7 nitrogen and oxygen atoms in total. The number of rotatable bonds is 5. The number of benzene rings is 2. The Bertz CT molecular complexity index is 1080. The normalized spacial score (nSPS) is 20.5. The minimum absolute atomic E-state index is 0.0887. The maximum Gasteiger partial charge on any atom is 0.324 e. The molecule has 0 radical (unpaired) electrons. The SMILES string of the molecule is COc1ccc(-c2noc(N3CCCC(C(=O)NC4CCCc5ccccc54)C3)n2)cc1. The fraction of sp³-hybridized carbons (Fsp3) is 0.400. The maximum atomic E-state index is 13.1. The quantitative estimate of drug-likeness (QED) is 0.652. The van der Waals surface area contributed by atoms with E-state index in [0.717, 1.165) is 50.0 Å². The number of hydrogen-bond acceptors (Lipinski definition) is 6. The van der Waals surface area contributed by atoms with Crippen LogP contribution in [0.4, 0.5) is 6.01 Å². The molecule has 5 rings (SSSR count). The molecule has 1 aromatic heterocycles. The van der Waals surface area contributed by atoms with E-state index >= 15 is 0 Å². The van der Waals surface area contributed by atoms with Gasteiger partial charge in [-0.1, -0.05) is 29.4 Å². The third-order valence-electron chi connectivity index (χ3n) is 6.51. The lowest BCUT2D eigenvalue weighted by Gasteiger charge is -2.33. The first-order valence-electron chi connectivity index (χ1n) is 11.3. The van der Waals surface area contributed by atoms with Crippen molar-refractivity contribution in [2.45, 2.75) is 38.1 Å². The fourth-order valence-electron chi connectivity index (χ4n) is 4.76. The summed E-state index contributed by atoms with van der Waals surface area (Å²) in [6, 6.07) is 16.6. The highest BCUT2D eigenvalue weighted by atomic mass is 16.5. The molecule has 2 atom stereocenters. The Kier molecular flexibility index (Phi) is 5.79. The van der Waals surface area contributed by atoms with Gasteiger partial charge in [-0.15, -0.1) is 0 Å². The Balaban J connectivity index is 1.25. The van der Waals surface area contributed by atoms with Crippen molar-refractivity contribution in [2.75, 3.05) is 25.1 Å². The molecule has 1 saturated heterocycles. The highest BCUT2D eigenvalue weighted by Gasteiger charge is 2.31. The monoisotopic (exact) mass is 432 g/mol.